The summed E-state index contributed by atoms with van der Waals surface area (Å²) in [7, 11) is 3.39. The lowest BCUT2D eigenvalue weighted by molar-refractivity contribution is 0.223. The number of hydrogen-bond donors (Lipinski definition) is 2. The Labute approximate surface area is 142 Å². The van der Waals surface area contributed by atoms with Crippen LogP contribution in [0, 0.1) is 0 Å². The van der Waals surface area contributed by atoms with Crippen molar-refractivity contribution in [1.82, 2.24) is 20.4 Å². The average Bonchev–Trinajstić information content (AvgIpc) is 3.11. The van der Waals surface area contributed by atoms with Gasteiger partial charge >= 0.3 is 0 Å². The predicted octanol–water partition coefficient (Wildman–Crippen LogP) is 1.52. The van der Waals surface area contributed by atoms with Gasteiger partial charge in [0.1, 0.15) is 17.6 Å². The lowest BCUT2D eigenvalue weighted by Crippen LogP contribution is -2.42. The molecule has 0 spiro atoms. The van der Waals surface area contributed by atoms with Gasteiger partial charge in [0.15, 0.2) is 5.96 Å². The van der Waals surface area contributed by atoms with E-state index < -0.39 is 0 Å². The van der Waals surface area contributed by atoms with E-state index >= 15 is 0 Å². The zero-order chi connectivity index (χ0) is 17.2. The molecule has 24 heavy (non-hydrogen) atoms. The summed E-state index contributed by atoms with van der Waals surface area (Å²) >= 11 is 0. The number of guanidine groups is 1. The minimum atomic E-state index is -0.0122. The number of nitrogens with one attached hydrogen (secondary N) is 2. The molecule has 0 saturated heterocycles. The molecule has 0 amide bonds. The van der Waals surface area contributed by atoms with Crippen LogP contribution in [-0.4, -0.2) is 49.1 Å². The summed E-state index contributed by atoms with van der Waals surface area (Å²) in [4.78, 5) is 4.20. The molecule has 0 saturated carbocycles. The molecule has 130 valence electrons. The first kappa shape index (κ1) is 17.7. The maximum absolute atomic E-state index is 5.88. The Morgan fingerprint density at radius 2 is 2.12 bits per heavy atom. The highest BCUT2D eigenvalue weighted by Gasteiger charge is 2.06. The van der Waals surface area contributed by atoms with E-state index in [-0.39, 0.29) is 6.10 Å². The molecule has 0 bridgehead atoms. The maximum atomic E-state index is 5.88. The summed E-state index contributed by atoms with van der Waals surface area (Å²) in [5, 5.41) is 10.7. The third-order valence-electron chi connectivity index (χ3n) is 3.35. The molecular formula is C17H25N5O2. The predicted molar refractivity (Wildman–Crippen MR) is 94.7 cm³/mol. The van der Waals surface area contributed by atoms with E-state index in [9.17, 15) is 0 Å². The normalized spacial score (nSPS) is 12.5. The monoisotopic (exact) mass is 331 g/mol. The number of nitrogens with zero attached hydrogens (tertiary/aromatic N) is 3. The minimum absolute atomic E-state index is 0.0122. The van der Waals surface area contributed by atoms with Crippen LogP contribution in [0.2, 0.25) is 0 Å². The molecule has 1 unspecified atom stereocenters. The Kier molecular flexibility index (Phi) is 6.94. The molecule has 7 nitrogen and oxygen atoms in total. The quantitative estimate of drug-likeness (QED) is 0.567. The molecule has 2 aromatic rings. The zero-order valence-corrected chi connectivity index (χ0v) is 14.4. The maximum Gasteiger partial charge on any atom is 0.191 e. The molecule has 1 atom stereocenters. The van der Waals surface area contributed by atoms with Crippen molar-refractivity contribution in [2.75, 3.05) is 27.2 Å². The average molecular weight is 331 g/mol. The first-order chi connectivity index (χ1) is 11.7. The molecule has 0 aliphatic heterocycles. The van der Waals surface area contributed by atoms with Gasteiger partial charge in [-0.3, -0.25) is 9.67 Å². The lowest BCUT2D eigenvalue weighted by atomic mass is 10.3. The highest BCUT2D eigenvalue weighted by molar-refractivity contribution is 5.79. The molecule has 0 aliphatic carbocycles. The molecule has 2 rings (SSSR count). The van der Waals surface area contributed by atoms with Crippen molar-refractivity contribution < 1.29 is 9.47 Å². The molecule has 2 N–H and O–H groups in total. The van der Waals surface area contributed by atoms with Crippen LogP contribution in [0.4, 0.5) is 0 Å². The fourth-order valence-corrected chi connectivity index (χ4v) is 2.13. The van der Waals surface area contributed by atoms with Crippen LogP contribution < -0.4 is 20.1 Å². The zero-order valence-electron chi connectivity index (χ0n) is 14.4. The number of benzene rings is 1. The number of aliphatic imine (C=N–C) groups is 1. The van der Waals surface area contributed by atoms with E-state index in [1.807, 2.05) is 48.1 Å². The highest BCUT2D eigenvalue weighted by Crippen LogP contribution is 2.19. The smallest absolute Gasteiger partial charge is 0.191 e. The van der Waals surface area contributed by atoms with Gasteiger partial charge in [-0.15, -0.1) is 0 Å². The van der Waals surface area contributed by atoms with Crippen molar-refractivity contribution in [2.24, 2.45) is 4.99 Å². The molecule has 0 fully saturated rings. The molecule has 1 aromatic carbocycles. The first-order valence-corrected chi connectivity index (χ1v) is 7.94. The second kappa shape index (κ2) is 9.44. The number of methoxy groups -OCH3 is 1. The van der Waals surface area contributed by atoms with Crippen LogP contribution in [-0.2, 0) is 6.54 Å². The van der Waals surface area contributed by atoms with E-state index in [1.165, 1.54) is 0 Å². The summed E-state index contributed by atoms with van der Waals surface area (Å²) in [5.41, 5.74) is 0. The fraction of sp³-hybridized carbons (Fsp3) is 0.412. The topological polar surface area (TPSA) is 72.7 Å². The van der Waals surface area contributed by atoms with E-state index in [4.69, 9.17) is 9.47 Å². The third-order valence-corrected chi connectivity index (χ3v) is 3.35. The fourth-order valence-electron chi connectivity index (χ4n) is 2.13. The Bertz CT molecular complexity index is 628. The molecule has 0 radical (unpaired) electrons. The van der Waals surface area contributed by atoms with Crippen LogP contribution in [0.3, 0.4) is 0 Å². The van der Waals surface area contributed by atoms with E-state index in [2.05, 4.69) is 20.7 Å². The minimum Gasteiger partial charge on any atom is -0.497 e. The van der Waals surface area contributed by atoms with Crippen LogP contribution in [0.15, 0.2) is 47.7 Å². The van der Waals surface area contributed by atoms with Crippen LogP contribution in [0.25, 0.3) is 0 Å². The number of ether oxygens (including phenoxy) is 2. The number of hydrogen-bond acceptors (Lipinski definition) is 4. The SMILES string of the molecule is CN=C(NCCn1cccn1)NCC(C)Oc1cccc(OC)c1. The van der Waals surface area contributed by atoms with Gasteiger partial charge in [-0.25, -0.2) is 0 Å². The molecule has 7 heteroatoms. The van der Waals surface area contributed by atoms with Crippen molar-refractivity contribution in [3.05, 3.63) is 42.7 Å². The van der Waals surface area contributed by atoms with Gasteiger partial charge in [0.05, 0.1) is 20.2 Å². The van der Waals surface area contributed by atoms with Crippen LogP contribution >= 0.6 is 0 Å². The van der Waals surface area contributed by atoms with Crippen molar-refractivity contribution in [3.8, 4) is 11.5 Å². The molecule has 0 aliphatic rings. The summed E-state index contributed by atoms with van der Waals surface area (Å²) in [6, 6.07) is 9.49. The Morgan fingerprint density at radius 1 is 1.29 bits per heavy atom. The molecule has 1 aromatic heterocycles. The summed E-state index contributed by atoms with van der Waals surface area (Å²) in [5.74, 6) is 2.30. The van der Waals surface area contributed by atoms with Crippen molar-refractivity contribution in [1.29, 1.82) is 0 Å². The van der Waals surface area contributed by atoms with Gasteiger partial charge in [0.2, 0.25) is 0 Å². The van der Waals surface area contributed by atoms with Gasteiger partial charge in [0, 0.05) is 32.1 Å². The second-order valence-corrected chi connectivity index (χ2v) is 5.26. The van der Waals surface area contributed by atoms with Crippen molar-refractivity contribution in [2.45, 2.75) is 19.6 Å². The Morgan fingerprint density at radius 3 is 2.83 bits per heavy atom. The van der Waals surface area contributed by atoms with Crippen LogP contribution in [0.1, 0.15) is 6.92 Å². The summed E-state index contributed by atoms with van der Waals surface area (Å²) in [6.07, 6.45) is 3.69. The van der Waals surface area contributed by atoms with E-state index in [1.54, 1.807) is 20.4 Å². The highest BCUT2D eigenvalue weighted by atomic mass is 16.5. The van der Waals surface area contributed by atoms with Crippen molar-refractivity contribution >= 4 is 5.96 Å². The van der Waals surface area contributed by atoms with Gasteiger partial charge < -0.3 is 20.1 Å². The number of aromatic nitrogens is 2. The first-order valence-electron chi connectivity index (χ1n) is 7.94. The Balaban J connectivity index is 1.71. The second-order valence-electron chi connectivity index (χ2n) is 5.26. The van der Waals surface area contributed by atoms with Gasteiger partial charge in [-0.1, -0.05) is 6.07 Å². The van der Waals surface area contributed by atoms with Gasteiger partial charge in [-0.2, -0.15) is 5.10 Å². The number of rotatable bonds is 8. The molecular weight excluding hydrogens is 306 g/mol. The third kappa shape index (κ3) is 5.83. The van der Waals surface area contributed by atoms with Gasteiger partial charge in [-0.05, 0) is 25.1 Å². The van der Waals surface area contributed by atoms with Crippen molar-refractivity contribution in [3.63, 3.8) is 0 Å². The molecule has 1 heterocycles. The van der Waals surface area contributed by atoms with Gasteiger partial charge in [0.25, 0.3) is 0 Å². The Hall–Kier alpha value is -2.70. The summed E-state index contributed by atoms with van der Waals surface area (Å²) < 4.78 is 12.9. The lowest BCUT2D eigenvalue weighted by Gasteiger charge is -2.18. The largest absolute Gasteiger partial charge is 0.497 e. The summed E-state index contributed by atoms with van der Waals surface area (Å²) in [6.45, 7) is 4.16. The van der Waals surface area contributed by atoms with E-state index in [0.717, 1.165) is 30.5 Å². The van der Waals surface area contributed by atoms with Crippen LogP contribution in [0.5, 0.6) is 11.5 Å². The van der Waals surface area contributed by atoms with E-state index in [0.29, 0.717) is 6.54 Å². The standard InChI is InChI=1S/C17H25N5O2/c1-14(24-16-7-4-6-15(12-16)23-3)13-20-17(18-2)19-9-11-22-10-5-8-21-22/h4-8,10,12,14H,9,11,13H2,1-3H3,(H2,18,19,20).